The van der Waals surface area contributed by atoms with Gasteiger partial charge in [0.2, 0.25) is 5.95 Å². The van der Waals surface area contributed by atoms with Crippen LogP contribution in [-0.4, -0.2) is 59.4 Å². The van der Waals surface area contributed by atoms with Crippen molar-refractivity contribution < 1.29 is 14.3 Å². The third-order valence-corrected chi connectivity index (χ3v) is 7.59. The number of ether oxygens (including phenoxy) is 2. The van der Waals surface area contributed by atoms with Gasteiger partial charge in [-0.2, -0.15) is 4.98 Å². The SMILES string of the molecule is CNC(=O)COc1cc2cc(Nc3nc(N4CCC(OC5CCC5)CC4)ncc3Cl)ccc2n(C(C)C)c1=O. The van der Waals surface area contributed by atoms with Crippen molar-refractivity contribution in [3.63, 3.8) is 0 Å². The van der Waals surface area contributed by atoms with Crippen LogP contribution in [0.15, 0.2) is 35.3 Å². The summed E-state index contributed by atoms with van der Waals surface area (Å²) >= 11 is 6.47. The van der Waals surface area contributed by atoms with E-state index in [2.05, 4.69) is 20.5 Å². The number of nitrogens with zero attached hydrogens (tertiary/aromatic N) is 4. The van der Waals surface area contributed by atoms with Gasteiger partial charge in [0.05, 0.1) is 23.9 Å². The third-order valence-electron chi connectivity index (χ3n) is 7.31. The molecule has 1 aliphatic carbocycles. The number of piperidine rings is 1. The van der Waals surface area contributed by atoms with Crippen LogP contribution in [0.4, 0.5) is 17.5 Å². The van der Waals surface area contributed by atoms with E-state index in [1.54, 1.807) is 16.8 Å². The number of likely N-dealkylation sites (N-methyl/N-ethyl adjacent to an activating group) is 1. The van der Waals surface area contributed by atoms with Crippen molar-refractivity contribution in [2.24, 2.45) is 0 Å². The molecule has 2 aromatic heterocycles. The number of carbonyl (C=O) groups excluding carboxylic acids is 1. The normalized spacial score (nSPS) is 16.4. The fourth-order valence-corrected chi connectivity index (χ4v) is 5.07. The number of rotatable bonds is 9. The maximum absolute atomic E-state index is 13.1. The molecule has 11 heteroatoms. The largest absolute Gasteiger partial charge is 0.478 e. The van der Waals surface area contributed by atoms with Gasteiger partial charge < -0.3 is 29.6 Å². The third kappa shape index (κ3) is 6.12. The molecule has 0 radical (unpaired) electrons. The minimum atomic E-state index is -0.315. The molecule has 39 heavy (non-hydrogen) atoms. The molecule has 10 nitrogen and oxygen atoms in total. The van der Waals surface area contributed by atoms with Crippen molar-refractivity contribution in [3.8, 4) is 5.75 Å². The van der Waals surface area contributed by atoms with Crippen LogP contribution in [0.3, 0.4) is 0 Å². The van der Waals surface area contributed by atoms with E-state index in [-0.39, 0.29) is 29.9 Å². The van der Waals surface area contributed by atoms with Gasteiger partial charge in [-0.25, -0.2) is 4.98 Å². The Morgan fingerprint density at radius 3 is 2.56 bits per heavy atom. The van der Waals surface area contributed by atoms with Gasteiger partial charge in [-0.1, -0.05) is 11.6 Å². The first kappa shape index (κ1) is 27.2. The monoisotopic (exact) mass is 554 g/mol. The summed E-state index contributed by atoms with van der Waals surface area (Å²) in [5.41, 5.74) is 1.22. The zero-order valence-corrected chi connectivity index (χ0v) is 23.3. The quantitative estimate of drug-likeness (QED) is 0.399. The lowest BCUT2D eigenvalue weighted by atomic mass is 9.95. The van der Waals surface area contributed by atoms with Crippen LogP contribution in [0.25, 0.3) is 10.9 Å². The second-order valence-corrected chi connectivity index (χ2v) is 10.8. The number of halogens is 1. The molecule has 1 amide bonds. The molecule has 0 unspecified atom stereocenters. The Morgan fingerprint density at radius 1 is 1.15 bits per heavy atom. The average molecular weight is 555 g/mol. The number of aromatic nitrogens is 3. The zero-order valence-electron chi connectivity index (χ0n) is 22.6. The van der Waals surface area contributed by atoms with Gasteiger partial charge in [0, 0.05) is 37.3 Å². The van der Waals surface area contributed by atoms with Gasteiger partial charge in [-0.05, 0) is 70.2 Å². The molecule has 1 aromatic carbocycles. The van der Waals surface area contributed by atoms with Crippen molar-refractivity contribution in [1.29, 1.82) is 0 Å². The number of hydrogen-bond acceptors (Lipinski definition) is 8. The van der Waals surface area contributed by atoms with E-state index in [1.165, 1.54) is 26.3 Å². The fraction of sp³-hybridized carbons (Fsp3) is 0.500. The van der Waals surface area contributed by atoms with Crippen LogP contribution < -0.4 is 25.8 Å². The van der Waals surface area contributed by atoms with E-state index in [4.69, 9.17) is 26.1 Å². The lowest BCUT2D eigenvalue weighted by molar-refractivity contribution is -0.122. The standard InChI is InChI=1S/C28H35ClN6O4/c1-17(2)35-23-8-7-19(13-18(23)14-24(27(35)37)38-16-25(36)30-3)32-26-22(29)15-31-28(33-26)34-11-9-21(10-12-34)39-20-5-4-6-20/h7-8,13-15,17,20-21H,4-6,9-12,16H2,1-3H3,(H,30,36)(H,31,32,33). The van der Waals surface area contributed by atoms with Gasteiger partial charge in [-0.15, -0.1) is 0 Å². The number of anilines is 3. The van der Waals surface area contributed by atoms with Crippen molar-refractivity contribution in [2.75, 3.05) is 37.0 Å². The van der Waals surface area contributed by atoms with Crippen LogP contribution in [0.1, 0.15) is 52.0 Å². The van der Waals surface area contributed by atoms with E-state index in [9.17, 15) is 9.59 Å². The minimum absolute atomic E-state index is 0.107. The molecule has 0 bridgehead atoms. The van der Waals surface area contributed by atoms with Crippen molar-refractivity contribution >= 4 is 45.9 Å². The molecule has 3 heterocycles. The molecular weight excluding hydrogens is 520 g/mol. The van der Waals surface area contributed by atoms with Gasteiger partial charge in [0.1, 0.15) is 5.02 Å². The fourth-order valence-electron chi connectivity index (χ4n) is 4.94. The van der Waals surface area contributed by atoms with Gasteiger partial charge >= 0.3 is 0 Å². The number of benzene rings is 1. The predicted molar refractivity (Wildman–Crippen MR) is 152 cm³/mol. The van der Waals surface area contributed by atoms with Crippen LogP contribution >= 0.6 is 11.6 Å². The van der Waals surface area contributed by atoms with Gasteiger partial charge in [0.25, 0.3) is 11.5 Å². The molecule has 3 aromatic rings. The molecule has 2 N–H and O–H groups in total. The Bertz CT molecular complexity index is 1400. The van der Waals surface area contributed by atoms with E-state index < -0.39 is 0 Å². The van der Waals surface area contributed by atoms with Crippen LogP contribution in [0.2, 0.25) is 5.02 Å². The summed E-state index contributed by atoms with van der Waals surface area (Å²) < 4.78 is 13.4. The van der Waals surface area contributed by atoms with Crippen molar-refractivity contribution in [2.45, 2.75) is 64.2 Å². The number of pyridine rings is 1. The Labute approximate surface area is 232 Å². The van der Waals surface area contributed by atoms with Crippen molar-refractivity contribution in [3.05, 3.63) is 45.8 Å². The lowest BCUT2D eigenvalue weighted by Gasteiger charge is -2.36. The number of amides is 1. The van der Waals surface area contributed by atoms with Gasteiger partial charge in [-0.3, -0.25) is 9.59 Å². The molecular formula is C28H35ClN6O4. The summed E-state index contributed by atoms with van der Waals surface area (Å²) in [6.07, 6.45) is 7.93. The summed E-state index contributed by atoms with van der Waals surface area (Å²) in [5.74, 6) is 0.930. The van der Waals surface area contributed by atoms with E-state index in [0.717, 1.165) is 42.5 Å². The zero-order chi connectivity index (χ0) is 27.5. The molecule has 1 saturated carbocycles. The molecule has 208 valence electrons. The summed E-state index contributed by atoms with van der Waals surface area (Å²) in [5, 5.41) is 6.99. The highest BCUT2D eigenvalue weighted by Crippen LogP contribution is 2.30. The first-order chi connectivity index (χ1) is 18.8. The number of fused-ring (bicyclic) bond motifs is 1. The first-order valence-electron chi connectivity index (χ1n) is 13.5. The highest BCUT2D eigenvalue weighted by Gasteiger charge is 2.27. The molecule has 1 saturated heterocycles. The maximum Gasteiger partial charge on any atom is 0.293 e. The molecule has 0 spiro atoms. The summed E-state index contributed by atoms with van der Waals surface area (Å²) in [4.78, 5) is 36.1. The number of carbonyl (C=O) groups is 1. The highest BCUT2D eigenvalue weighted by molar-refractivity contribution is 6.32. The topological polar surface area (TPSA) is 111 Å². The van der Waals surface area contributed by atoms with E-state index in [1.807, 2.05) is 32.0 Å². The molecule has 0 atom stereocenters. The number of hydrogen-bond donors (Lipinski definition) is 2. The Balaban J connectivity index is 1.35. The summed E-state index contributed by atoms with van der Waals surface area (Å²) in [6.45, 7) is 5.29. The van der Waals surface area contributed by atoms with Crippen LogP contribution in [0, 0.1) is 0 Å². The van der Waals surface area contributed by atoms with Crippen molar-refractivity contribution in [1.82, 2.24) is 19.9 Å². The minimum Gasteiger partial charge on any atom is -0.478 e. The smallest absolute Gasteiger partial charge is 0.293 e. The molecule has 5 rings (SSSR count). The Hall–Kier alpha value is -3.37. The lowest BCUT2D eigenvalue weighted by Crippen LogP contribution is -2.40. The summed E-state index contributed by atoms with van der Waals surface area (Å²) in [6, 6.07) is 7.22. The molecule has 2 aliphatic rings. The van der Waals surface area contributed by atoms with E-state index >= 15 is 0 Å². The second kappa shape index (κ2) is 11.8. The Morgan fingerprint density at radius 2 is 1.90 bits per heavy atom. The highest BCUT2D eigenvalue weighted by atomic mass is 35.5. The first-order valence-corrected chi connectivity index (χ1v) is 13.9. The number of nitrogens with one attached hydrogen (secondary N) is 2. The predicted octanol–water partition coefficient (Wildman–Crippen LogP) is 4.43. The summed E-state index contributed by atoms with van der Waals surface area (Å²) in [7, 11) is 1.52. The maximum atomic E-state index is 13.1. The van der Waals surface area contributed by atoms with Gasteiger partial charge in [0.15, 0.2) is 18.2 Å². The second-order valence-electron chi connectivity index (χ2n) is 10.4. The molecule has 2 fully saturated rings. The average Bonchev–Trinajstić information content (AvgIpc) is 2.91. The van der Waals surface area contributed by atoms with Crippen LogP contribution in [-0.2, 0) is 9.53 Å². The van der Waals surface area contributed by atoms with Crippen LogP contribution in [0.5, 0.6) is 5.75 Å². The van der Waals surface area contributed by atoms with E-state index in [0.29, 0.717) is 29.0 Å². The Kier molecular flexibility index (Phi) is 8.23. The molecule has 1 aliphatic heterocycles.